The Balaban J connectivity index is 0.00000225. The van der Waals surface area contributed by atoms with Crippen LogP contribution >= 0.6 is 12.4 Å². The molecule has 0 saturated carbocycles. The highest BCUT2D eigenvalue weighted by Gasteiger charge is 2.34. The summed E-state index contributed by atoms with van der Waals surface area (Å²) < 4.78 is 0. The van der Waals surface area contributed by atoms with E-state index in [9.17, 15) is 4.79 Å². The highest BCUT2D eigenvalue weighted by atomic mass is 35.5. The fraction of sp³-hybridized carbons (Fsp3) is 0.917. The Morgan fingerprint density at radius 3 is 2.44 bits per heavy atom. The number of hydrogen-bond acceptors (Lipinski definition) is 2. The molecular weight excluding hydrogens is 224 g/mol. The monoisotopic (exact) mass is 248 g/mol. The lowest BCUT2D eigenvalue weighted by Gasteiger charge is -2.28. The van der Waals surface area contributed by atoms with E-state index < -0.39 is 0 Å². The third-order valence-corrected chi connectivity index (χ3v) is 3.97. The molecule has 0 aliphatic carbocycles. The number of rotatable bonds is 3. The van der Waals surface area contributed by atoms with Crippen LogP contribution in [0.1, 0.15) is 40.5 Å². The summed E-state index contributed by atoms with van der Waals surface area (Å²) in [6.07, 6.45) is 2.07. The highest BCUT2D eigenvalue weighted by Crippen LogP contribution is 2.24. The molecule has 0 aromatic heterocycles. The van der Waals surface area contributed by atoms with Gasteiger partial charge in [0.25, 0.3) is 0 Å². The average Bonchev–Trinajstić information content (AvgIpc) is 2.56. The van der Waals surface area contributed by atoms with Crippen molar-refractivity contribution < 1.29 is 4.79 Å². The van der Waals surface area contributed by atoms with Crippen LogP contribution in [0.5, 0.6) is 0 Å². The molecule has 0 bridgehead atoms. The van der Waals surface area contributed by atoms with Gasteiger partial charge in [0.1, 0.15) is 0 Å². The number of hydrogen-bond donors (Lipinski definition) is 1. The first-order chi connectivity index (χ1) is 6.99. The van der Waals surface area contributed by atoms with Gasteiger partial charge in [0.05, 0.1) is 6.04 Å². The van der Waals surface area contributed by atoms with Gasteiger partial charge in [0.2, 0.25) is 5.91 Å². The van der Waals surface area contributed by atoms with Crippen molar-refractivity contribution in [3.05, 3.63) is 0 Å². The van der Waals surface area contributed by atoms with Crippen LogP contribution in [0, 0.1) is 11.8 Å². The Kier molecular flexibility index (Phi) is 6.34. The third kappa shape index (κ3) is 3.11. The first kappa shape index (κ1) is 15.7. The smallest absolute Gasteiger partial charge is 0.240 e. The van der Waals surface area contributed by atoms with Gasteiger partial charge in [-0.2, -0.15) is 0 Å². The molecule has 0 radical (unpaired) electrons. The van der Waals surface area contributed by atoms with Gasteiger partial charge in [-0.1, -0.05) is 27.2 Å². The van der Waals surface area contributed by atoms with Crippen LogP contribution in [0.3, 0.4) is 0 Å². The van der Waals surface area contributed by atoms with Gasteiger partial charge in [-0.3, -0.25) is 4.79 Å². The summed E-state index contributed by atoms with van der Waals surface area (Å²) in [5.41, 5.74) is 5.97. The van der Waals surface area contributed by atoms with Crippen molar-refractivity contribution in [1.29, 1.82) is 0 Å². The van der Waals surface area contributed by atoms with E-state index in [0.717, 1.165) is 19.4 Å². The van der Waals surface area contributed by atoms with Gasteiger partial charge in [0, 0.05) is 12.6 Å². The minimum Gasteiger partial charge on any atom is -0.338 e. The normalized spacial score (nSPS) is 28.4. The molecule has 0 aromatic rings. The maximum atomic E-state index is 12.1. The molecule has 1 rings (SSSR count). The molecular formula is C12H25ClN2O. The maximum Gasteiger partial charge on any atom is 0.240 e. The van der Waals surface area contributed by atoms with E-state index >= 15 is 0 Å². The predicted molar refractivity (Wildman–Crippen MR) is 69.6 cm³/mol. The summed E-state index contributed by atoms with van der Waals surface area (Å²) in [5, 5.41) is 0. The summed E-state index contributed by atoms with van der Waals surface area (Å²) >= 11 is 0. The zero-order valence-corrected chi connectivity index (χ0v) is 11.6. The number of halogens is 1. The second kappa shape index (κ2) is 6.45. The molecule has 16 heavy (non-hydrogen) atoms. The first-order valence-corrected chi connectivity index (χ1v) is 6.05. The van der Waals surface area contributed by atoms with Crippen molar-refractivity contribution in [3.8, 4) is 0 Å². The second-order valence-corrected chi connectivity index (χ2v) is 4.95. The summed E-state index contributed by atoms with van der Waals surface area (Å²) in [6.45, 7) is 9.33. The Bertz CT molecular complexity index is 235. The quantitative estimate of drug-likeness (QED) is 0.831. The largest absolute Gasteiger partial charge is 0.338 e. The third-order valence-electron chi connectivity index (χ3n) is 3.97. The van der Waals surface area contributed by atoms with Crippen molar-refractivity contribution >= 4 is 18.3 Å². The predicted octanol–water partition coefficient (Wildman–Crippen LogP) is 2.04. The Morgan fingerprint density at radius 2 is 2.06 bits per heavy atom. The average molecular weight is 249 g/mol. The molecule has 0 aromatic carbocycles. The van der Waals surface area contributed by atoms with Gasteiger partial charge in [0.15, 0.2) is 0 Å². The van der Waals surface area contributed by atoms with Crippen LogP contribution in [0.2, 0.25) is 0 Å². The molecule has 1 aliphatic rings. The van der Waals surface area contributed by atoms with Crippen LogP contribution in [0.4, 0.5) is 0 Å². The van der Waals surface area contributed by atoms with Gasteiger partial charge < -0.3 is 10.6 Å². The molecule has 4 heteroatoms. The Morgan fingerprint density at radius 1 is 1.50 bits per heavy atom. The van der Waals surface area contributed by atoms with Crippen molar-refractivity contribution in [2.75, 3.05) is 6.54 Å². The second-order valence-electron chi connectivity index (χ2n) is 4.95. The Labute approximate surface area is 105 Å². The summed E-state index contributed by atoms with van der Waals surface area (Å²) in [5.74, 6) is 1.03. The molecule has 96 valence electrons. The number of nitrogens with two attached hydrogens (primary N) is 1. The highest BCUT2D eigenvalue weighted by molar-refractivity contribution is 5.85. The fourth-order valence-electron chi connectivity index (χ4n) is 2.09. The number of carbonyl (C=O) groups excluding carboxylic acids is 1. The van der Waals surface area contributed by atoms with E-state index in [-0.39, 0.29) is 30.3 Å². The van der Waals surface area contributed by atoms with Crippen molar-refractivity contribution in [2.24, 2.45) is 17.6 Å². The Hall–Kier alpha value is -0.280. The van der Waals surface area contributed by atoms with E-state index in [1.165, 1.54) is 0 Å². The lowest BCUT2D eigenvalue weighted by molar-refractivity contribution is -0.134. The summed E-state index contributed by atoms with van der Waals surface area (Å²) in [6, 6.07) is 0.0374. The molecule has 3 nitrogen and oxygen atoms in total. The zero-order chi connectivity index (χ0) is 11.6. The minimum absolute atomic E-state index is 0. The van der Waals surface area contributed by atoms with E-state index in [1.54, 1.807) is 0 Å². The van der Waals surface area contributed by atoms with Crippen LogP contribution in [0.25, 0.3) is 0 Å². The molecule has 1 saturated heterocycles. The van der Waals surface area contributed by atoms with Crippen LogP contribution < -0.4 is 5.73 Å². The fourth-order valence-corrected chi connectivity index (χ4v) is 2.09. The van der Waals surface area contributed by atoms with E-state index in [2.05, 4.69) is 20.8 Å². The SMILES string of the molecule is CCC(C)C(N)C(=O)N1CCC(C)C1C.Cl. The molecule has 4 unspecified atom stereocenters. The number of nitrogens with zero attached hydrogens (tertiary/aromatic N) is 1. The number of carbonyl (C=O) groups is 1. The lowest BCUT2D eigenvalue weighted by atomic mass is 9.98. The summed E-state index contributed by atoms with van der Waals surface area (Å²) in [4.78, 5) is 14.1. The van der Waals surface area contributed by atoms with E-state index in [1.807, 2.05) is 11.8 Å². The van der Waals surface area contributed by atoms with Crippen molar-refractivity contribution in [3.63, 3.8) is 0 Å². The standard InChI is InChI=1S/C12H24N2O.ClH/c1-5-8(2)11(13)12(15)14-7-6-9(3)10(14)4;/h8-11H,5-7,13H2,1-4H3;1H. The van der Waals surface area contributed by atoms with E-state index in [0.29, 0.717) is 12.0 Å². The number of amides is 1. The summed E-state index contributed by atoms with van der Waals surface area (Å²) in [7, 11) is 0. The minimum atomic E-state index is -0.317. The maximum absolute atomic E-state index is 12.1. The van der Waals surface area contributed by atoms with Crippen LogP contribution in [0.15, 0.2) is 0 Å². The van der Waals surface area contributed by atoms with Gasteiger partial charge in [-0.15, -0.1) is 12.4 Å². The molecule has 1 amide bonds. The van der Waals surface area contributed by atoms with Crippen molar-refractivity contribution in [1.82, 2.24) is 4.90 Å². The van der Waals surface area contributed by atoms with Crippen LogP contribution in [-0.2, 0) is 4.79 Å². The molecule has 1 aliphatic heterocycles. The zero-order valence-electron chi connectivity index (χ0n) is 10.8. The molecule has 2 N–H and O–H groups in total. The van der Waals surface area contributed by atoms with Gasteiger partial charge in [-0.05, 0) is 25.2 Å². The number of likely N-dealkylation sites (tertiary alicyclic amines) is 1. The first-order valence-electron chi connectivity index (χ1n) is 6.05. The molecule has 1 fully saturated rings. The topological polar surface area (TPSA) is 46.3 Å². The van der Waals surface area contributed by atoms with Gasteiger partial charge in [-0.25, -0.2) is 0 Å². The van der Waals surface area contributed by atoms with Crippen molar-refractivity contribution in [2.45, 2.75) is 52.6 Å². The van der Waals surface area contributed by atoms with Crippen LogP contribution in [-0.4, -0.2) is 29.4 Å². The molecule has 1 heterocycles. The van der Waals surface area contributed by atoms with Gasteiger partial charge >= 0.3 is 0 Å². The molecule has 0 spiro atoms. The van der Waals surface area contributed by atoms with E-state index in [4.69, 9.17) is 5.73 Å². The lowest BCUT2D eigenvalue weighted by Crippen LogP contribution is -2.48. The molecule has 4 atom stereocenters.